The summed E-state index contributed by atoms with van der Waals surface area (Å²) in [5.41, 5.74) is -2.25. The fraction of sp³-hybridized carbons (Fsp3) is 0.353. The predicted octanol–water partition coefficient (Wildman–Crippen LogP) is 2.06. The average molecular weight is 421 g/mol. The van der Waals surface area contributed by atoms with Crippen molar-refractivity contribution in [3.8, 4) is 0 Å². The molecule has 2 amide bonds. The van der Waals surface area contributed by atoms with Gasteiger partial charge in [-0.1, -0.05) is 12.7 Å². The second kappa shape index (κ2) is 8.15. The highest BCUT2D eigenvalue weighted by atomic mass is 19.4. The number of pyridine rings is 1. The Kier molecular flexibility index (Phi) is 6.26. The van der Waals surface area contributed by atoms with Crippen LogP contribution in [-0.2, 0) is 9.59 Å². The maximum absolute atomic E-state index is 13.7. The molecule has 0 unspecified atom stereocenters. The number of nitrogens with two attached hydrogens (primary N) is 1. The molecule has 1 saturated heterocycles. The molecule has 29 heavy (non-hydrogen) atoms. The Morgan fingerprint density at radius 1 is 1.45 bits per heavy atom. The number of nitrogens with zero attached hydrogens (tertiary/aromatic N) is 3. The molecular weight excluding hydrogens is 401 g/mol. The zero-order valence-electron chi connectivity index (χ0n) is 15.4. The topological polar surface area (TPSA) is 91.6 Å². The summed E-state index contributed by atoms with van der Waals surface area (Å²) in [5.74, 6) is -1.87. The maximum Gasteiger partial charge on any atom is 0.432 e. The second-order valence-electron chi connectivity index (χ2n) is 6.38. The highest BCUT2D eigenvalue weighted by molar-refractivity contribution is 6.08. The second-order valence-corrected chi connectivity index (χ2v) is 6.38. The van der Waals surface area contributed by atoms with Gasteiger partial charge in [0.2, 0.25) is 23.7 Å². The molecule has 1 aromatic heterocycles. The minimum absolute atomic E-state index is 0. The predicted molar refractivity (Wildman–Crippen MR) is 94.7 cm³/mol. The number of rotatable bonds is 5. The average Bonchev–Trinajstić information content (AvgIpc) is 2.88. The molecule has 1 aliphatic heterocycles. The molecule has 7 nitrogen and oxygen atoms in total. The van der Waals surface area contributed by atoms with E-state index in [1.165, 1.54) is 7.05 Å². The van der Waals surface area contributed by atoms with E-state index in [2.05, 4.69) is 16.9 Å². The number of hydrazine groups is 1. The fourth-order valence-electron chi connectivity index (χ4n) is 3.18. The van der Waals surface area contributed by atoms with Gasteiger partial charge in [0.05, 0.1) is 5.69 Å². The Hall–Kier alpha value is -3.02. The van der Waals surface area contributed by atoms with Gasteiger partial charge < -0.3 is 15.2 Å². The van der Waals surface area contributed by atoms with Crippen LogP contribution >= 0.6 is 0 Å². The van der Waals surface area contributed by atoms with Crippen molar-refractivity contribution in [2.75, 3.05) is 26.0 Å². The van der Waals surface area contributed by atoms with Gasteiger partial charge >= 0.3 is 6.18 Å². The van der Waals surface area contributed by atoms with Crippen LogP contribution in [0.1, 0.15) is 1.43 Å². The first-order valence-electron chi connectivity index (χ1n) is 8.18. The van der Waals surface area contributed by atoms with Gasteiger partial charge in [-0.2, -0.15) is 26.9 Å². The lowest BCUT2D eigenvalue weighted by Gasteiger charge is -2.26. The smallest absolute Gasteiger partial charge is 0.344 e. The number of amides is 2. The first-order chi connectivity index (χ1) is 13.4. The summed E-state index contributed by atoms with van der Waals surface area (Å²) in [4.78, 5) is 29.1. The Morgan fingerprint density at radius 2 is 2.07 bits per heavy atom. The van der Waals surface area contributed by atoms with Gasteiger partial charge in [-0.25, -0.2) is 5.84 Å². The third-order valence-electron chi connectivity index (χ3n) is 4.38. The summed E-state index contributed by atoms with van der Waals surface area (Å²) in [5, 5.41) is 2.40. The summed E-state index contributed by atoms with van der Waals surface area (Å²) >= 11 is 0. The van der Waals surface area contributed by atoms with E-state index in [9.17, 15) is 31.5 Å². The molecular formula is C17H20F5N5O2. The van der Waals surface area contributed by atoms with E-state index in [4.69, 9.17) is 5.84 Å². The Balaban J connectivity index is 0.00000450. The summed E-state index contributed by atoms with van der Waals surface area (Å²) in [6.07, 6.45) is -4.01. The van der Waals surface area contributed by atoms with E-state index in [1.54, 1.807) is 0 Å². The number of alkyl halides is 3. The van der Waals surface area contributed by atoms with Gasteiger partial charge in [0.1, 0.15) is 11.6 Å². The van der Waals surface area contributed by atoms with Crippen molar-refractivity contribution in [2.24, 2.45) is 17.7 Å². The Bertz CT molecular complexity index is 875. The Morgan fingerprint density at radius 3 is 2.55 bits per heavy atom. The molecule has 1 fully saturated rings. The number of allylic oxidation sites excluding steroid dienone is 2. The molecule has 0 aromatic carbocycles. The SMILES string of the molecule is C=C/C(=C(\N(C)N)C(F)(F)F)[C@H]1CN(C)C(=O)[C@@H]1C(=O)Nc1ccc(F)nc1F.[HH]. The van der Waals surface area contributed by atoms with Crippen molar-refractivity contribution in [3.05, 3.63) is 48.0 Å². The number of aromatic nitrogens is 1. The lowest BCUT2D eigenvalue weighted by Crippen LogP contribution is -2.38. The number of carbonyl (C=O) groups excluding carboxylic acids is 2. The molecule has 2 heterocycles. The lowest BCUT2D eigenvalue weighted by atomic mass is 9.86. The maximum atomic E-state index is 13.7. The summed E-state index contributed by atoms with van der Waals surface area (Å²) < 4.78 is 67.2. The first-order valence-corrected chi connectivity index (χ1v) is 8.18. The highest BCUT2D eigenvalue weighted by Gasteiger charge is 2.48. The third-order valence-corrected chi connectivity index (χ3v) is 4.38. The zero-order chi connectivity index (χ0) is 22.1. The standard InChI is InChI=1S/C17H18F5N5O2.H2/c1-4-8(13(27(3)23)17(20,21)22)9-7-26(2)16(29)12(9)15(28)24-10-5-6-11(18)25-14(10)19;/h4-6,9,12H,1,7,23H2,2-3H3,(H,24,28);1H/b13-8+;/t9-,12+;/m1./s1. The quantitative estimate of drug-likeness (QED) is 0.190. The van der Waals surface area contributed by atoms with Crippen LogP contribution in [0.25, 0.3) is 0 Å². The molecule has 160 valence electrons. The fourth-order valence-corrected chi connectivity index (χ4v) is 3.18. The number of hydrogen-bond acceptors (Lipinski definition) is 5. The van der Waals surface area contributed by atoms with Crippen LogP contribution in [0.3, 0.4) is 0 Å². The van der Waals surface area contributed by atoms with E-state index in [-0.39, 0.29) is 7.97 Å². The van der Waals surface area contributed by atoms with Crippen molar-refractivity contribution in [1.29, 1.82) is 0 Å². The van der Waals surface area contributed by atoms with E-state index in [0.717, 1.165) is 30.2 Å². The van der Waals surface area contributed by atoms with Gasteiger partial charge in [-0.15, -0.1) is 0 Å². The Labute approximate surface area is 164 Å². The summed E-state index contributed by atoms with van der Waals surface area (Å²) in [7, 11) is 2.27. The number of nitrogens with one attached hydrogen (secondary N) is 1. The van der Waals surface area contributed by atoms with Crippen LogP contribution in [0.15, 0.2) is 36.1 Å². The molecule has 12 heteroatoms. The largest absolute Gasteiger partial charge is 0.432 e. The number of hydrogen-bond donors (Lipinski definition) is 2. The number of likely N-dealkylation sites (tertiary alicyclic amines) is 1. The third kappa shape index (κ3) is 4.53. The van der Waals surface area contributed by atoms with Crippen LogP contribution in [0.4, 0.5) is 27.6 Å². The van der Waals surface area contributed by atoms with Crippen molar-refractivity contribution in [1.82, 2.24) is 14.9 Å². The van der Waals surface area contributed by atoms with Crippen LogP contribution < -0.4 is 11.2 Å². The normalized spacial score (nSPS) is 20.4. The van der Waals surface area contributed by atoms with Gasteiger partial charge in [-0.3, -0.25) is 9.59 Å². The lowest BCUT2D eigenvalue weighted by molar-refractivity contribution is -0.135. The molecule has 0 saturated carbocycles. The van der Waals surface area contributed by atoms with E-state index in [0.29, 0.717) is 5.01 Å². The molecule has 0 radical (unpaired) electrons. The first kappa shape index (κ1) is 22.3. The monoisotopic (exact) mass is 421 g/mol. The highest BCUT2D eigenvalue weighted by Crippen LogP contribution is 2.38. The van der Waals surface area contributed by atoms with Crippen molar-refractivity contribution >= 4 is 17.5 Å². The molecule has 2 rings (SSSR count). The van der Waals surface area contributed by atoms with Gasteiger partial charge in [0, 0.05) is 28.0 Å². The zero-order valence-corrected chi connectivity index (χ0v) is 15.4. The van der Waals surface area contributed by atoms with Crippen LogP contribution in [-0.4, -0.2) is 53.5 Å². The molecule has 0 spiro atoms. The summed E-state index contributed by atoms with van der Waals surface area (Å²) in [6.45, 7) is 3.13. The number of anilines is 1. The van der Waals surface area contributed by atoms with Gasteiger partial charge in [-0.05, 0) is 17.7 Å². The van der Waals surface area contributed by atoms with Crippen LogP contribution in [0.2, 0.25) is 0 Å². The molecule has 2 atom stereocenters. The molecule has 1 aromatic rings. The van der Waals surface area contributed by atoms with Crippen LogP contribution in [0, 0.1) is 23.7 Å². The number of halogens is 5. The van der Waals surface area contributed by atoms with E-state index < -0.39 is 58.7 Å². The summed E-state index contributed by atoms with van der Waals surface area (Å²) in [6, 6.07) is 1.66. The van der Waals surface area contributed by atoms with Crippen molar-refractivity contribution < 1.29 is 33.0 Å². The van der Waals surface area contributed by atoms with Crippen LogP contribution in [0.5, 0.6) is 0 Å². The van der Waals surface area contributed by atoms with Gasteiger partial charge in [0.25, 0.3) is 0 Å². The number of carbonyl (C=O) groups is 2. The van der Waals surface area contributed by atoms with Crippen molar-refractivity contribution in [2.45, 2.75) is 6.18 Å². The minimum Gasteiger partial charge on any atom is -0.344 e. The minimum atomic E-state index is -4.88. The van der Waals surface area contributed by atoms with E-state index in [1.807, 2.05) is 0 Å². The van der Waals surface area contributed by atoms with Gasteiger partial charge in [0.15, 0.2) is 0 Å². The van der Waals surface area contributed by atoms with E-state index >= 15 is 0 Å². The molecule has 0 bridgehead atoms. The molecule has 0 aliphatic carbocycles. The molecule has 1 aliphatic rings. The molecule has 3 N–H and O–H groups in total. The van der Waals surface area contributed by atoms with Crippen molar-refractivity contribution in [3.63, 3.8) is 0 Å².